The maximum atomic E-state index is 13.5. The van der Waals surface area contributed by atoms with Crippen molar-refractivity contribution >= 4 is 34.4 Å². The van der Waals surface area contributed by atoms with E-state index in [4.69, 9.17) is 16.3 Å². The molecule has 1 amide bonds. The molecule has 1 atom stereocenters. The maximum absolute atomic E-state index is 13.5. The lowest BCUT2D eigenvalue weighted by molar-refractivity contribution is 0.0695. The third-order valence-electron chi connectivity index (χ3n) is 6.40. The van der Waals surface area contributed by atoms with Crippen LogP contribution in [-0.4, -0.2) is 34.8 Å². The fourth-order valence-electron chi connectivity index (χ4n) is 4.61. The predicted molar refractivity (Wildman–Crippen MR) is 125 cm³/mol. The Balaban J connectivity index is 1.72. The normalized spacial score (nSPS) is 18.2. The van der Waals surface area contributed by atoms with Crippen molar-refractivity contribution in [3.05, 3.63) is 69.4 Å². The van der Waals surface area contributed by atoms with Gasteiger partial charge >= 0.3 is 5.97 Å². The molecule has 0 radical (unpaired) electrons. The quantitative estimate of drug-likeness (QED) is 0.558. The van der Waals surface area contributed by atoms with Crippen molar-refractivity contribution in [2.75, 3.05) is 13.2 Å². The number of carboxylic acids is 1. The zero-order valence-electron chi connectivity index (χ0n) is 18.5. The van der Waals surface area contributed by atoms with E-state index < -0.39 is 11.5 Å². The minimum atomic E-state index is -0.966. The maximum Gasteiger partial charge on any atom is 0.335 e. The topological polar surface area (TPSA) is 80.6 Å². The highest BCUT2D eigenvalue weighted by Gasteiger charge is 2.39. The number of halogens is 1. The van der Waals surface area contributed by atoms with Crippen LogP contribution in [0.4, 0.5) is 0 Å². The average molecular weight is 455 g/mol. The molecule has 0 spiro atoms. The van der Waals surface area contributed by atoms with Crippen LogP contribution in [0.2, 0.25) is 5.02 Å². The van der Waals surface area contributed by atoms with Crippen LogP contribution >= 0.6 is 11.6 Å². The van der Waals surface area contributed by atoms with E-state index in [-0.39, 0.29) is 11.5 Å². The molecule has 1 saturated heterocycles. The second-order valence-electron chi connectivity index (χ2n) is 8.47. The first-order chi connectivity index (χ1) is 15.3. The number of nitrogens with zero attached hydrogens (tertiary/aromatic N) is 1. The summed E-state index contributed by atoms with van der Waals surface area (Å²) in [5, 5.41) is 14.3. The Morgan fingerprint density at radius 2 is 2.03 bits per heavy atom. The van der Waals surface area contributed by atoms with Gasteiger partial charge in [0.15, 0.2) is 0 Å². The summed E-state index contributed by atoms with van der Waals surface area (Å²) in [6.07, 6.45) is 2.41. The third kappa shape index (κ3) is 3.78. The Hall–Kier alpha value is -2.83. The number of benzene rings is 2. The summed E-state index contributed by atoms with van der Waals surface area (Å²) in [7, 11) is 1.88. The number of aromatic nitrogens is 1. The highest BCUT2D eigenvalue weighted by Crippen LogP contribution is 2.34. The van der Waals surface area contributed by atoms with Gasteiger partial charge in [0.05, 0.1) is 17.7 Å². The Labute approximate surface area is 192 Å². The number of fused-ring (bicyclic) bond motifs is 1. The van der Waals surface area contributed by atoms with Crippen LogP contribution < -0.4 is 5.32 Å². The second kappa shape index (κ2) is 8.60. The van der Waals surface area contributed by atoms with Crippen molar-refractivity contribution in [2.45, 2.75) is 38.6 Å². The largest absolute Gasteiger partial charge is 0.478 e. The van der Waals surface area contributed by atoms with Crippen LogP contribution in [0, 0.1) is 6.92 Å². The molecule has 0 saturated carbocycles. The van der Waals surface area contributed by atoms with Crippen LogP contribution in [0.5, 0.6) is 0 Å². The van der Waals surface area contributed by atoms with Crippen LogP contribution in [-0.2, 0) is 23.7 Å². The van der Waals surface area contributed by atoms with Gasteiger partial charge in [-0.1, -0.05) is 37.1 Å². The lowest BCUT2D eigenvalue weighted by Crippen LogP contribution is -2.47. The molecule has 32 heavy (non-hydrogen) atoms. The minimum absolute atomic E-state index is 0.201. The molecule has 0 aliphatic carbocycles. The van der Waals surface area contributed by atoms with E-state index in [9.17, 15) is 14.7 Å². The highest BCUT2D eigenvalue weighted by molar-refractivity contribution is 6.32. The van der Waals surface area contributed by atoms with Crippen molar-refractivity contribution in [3.63, 3.8) is 0 Å². The summed E-state index contributed by atoms with van der Waals surface area (Å²) in [6, 6.07) is 10.9. The first kappa shape index (κ1) is 22.4. The zero-order valence-corrected chi connectivity index (χ0v) is 19.3. The van der Waals surface area contributed by atoms with Gasteiger partial charge in [-0.25, -0.2) is 4.79 Å². The van der Waals surface area contributed by atoms with Crippen LogP contribution in [0.1, 0.15) is 57.3 Å². The molecule has 2 aromatic carbocycles. The molecule has 0 bridgehead atoms. The van der Waals surface area contributed by atoms with E-state index in [0.29, 0.717) is 35.9 Å². The molecular weight excluding hydrogens is 428 g/mol. The van der Waals surface area contributed by atoms with Gasteiger partial charge in [0.1, 0.15) is 5.69 Å². The summed E-state index contributed by atoms with van der Waals surface area (Å²) in [5.41, 5.74) is 3.60. The van der Waals surface area contributed by atoms with Gasteiger partial charge in [-0.2, -0.15) is 0 Å². The van der Waals surface area contributed by atoms with Gasteiger partial charge in [0.2, 0.25) is 0 Å². The molecule has 1 fully saturated rings. The number of ether oxygens (including phenoxy) is 1. The number of carboxylic acid groups (broad SMARTS) is 1. The number of amides is 1. The van der Waals surface area contributed by atoms with E-state index in [1.807, 2.05) is 35.9 Å². The molecule has 2 heterocycles. The van der Waals surface area contributed by atoms with Crippen molar-refractivity contribution in [2.24, 2.45) is 7.05 Å². The molecule has 1 unspecified atom stereocenters. The van der Waals surface area contributed by atoms with Crippen molar-refractivity contribution in [3.8, 4) is 0 Å². The molecular formula is C25H27ClN2O4. The molecule has 3 aromatic rings. The standard InChI is InChI=1S/C25H27ClN2O4/c1-4-5-18-19-13-22(28(3)21(19)9-8-20(18)26)23(29)27-25(10-11-32-14-25)16-6-7-17(24(30)31)15(2)12-16/h6-9,12-13H,4-5,10-11,14H2,1-3H3,(H,27,29)(H,30,31). The molecule has 6 nitrogen and oxygen atoms in total. The summed E-state index contributed by atoms with van der Waals surface area (Å²) >= 11 is 6.44. The summed E-state index contributed by atoms with van der Waals surface area (Å²) < 4.78 is 7.56. The molecule has 168 valence electrons. The van der Waals surface area contributed by atoms with Crippen LogP contribution in [0.15, 0.2) is 36.4 Å². The lowest BCUT2D eigenvalue weighted by atomic mass is 9.87. The van der Waals surface area contributed by atoms with E-state index in [1.54, 1.807) is 19.1 Å². The monoisotopic (exact) mass is 454 g/mol. The molecule has 7 heteroatoms. The Bertz CT molecular complexity index is 1210. The van der Waals surface area contributed by atoms with Gasteiger partial charge < -0.3 is 19.7 Å². The van der Waals surface area contributed by atoms with Crippen molar-refractivity contribution in [1.29, 1.82) is 0 Å². The fourth-order valence-corrected chi connectivity index (χ4v) is 4.87. The number of hydrogen-bond donors (Lipinski definition) is 2. The number of rotatable bonds is 6. The van der Waals surface area contributed by atoms with Crippen molar-refractivity contribution < 1.29 is 19.4 Å². The smallest absolute Gasteiger partial charge is 0.335 e. The molecule has 1 aromatic heterocycles. The highest BCUT2D eigenvalue weighted by atomic mass is 35.5. The summed E-state index contributed by atoms with van der Waals surface area (Å²) in [5.74, 6) is -1.17. The Kier molecular flexibility index (Phi) is 6.01. The van der Waals surface area contributed by atoms with Crippen molar-refractivity contribution in [1.82, 2.24) is 9.88 Å². The number of aryl methyl sites for hydroxylation is 3. The molecule has 2 N–H and O–H groups in total. The van der Waals surface area contributed by atoms with Crippen LogP contribution in [0.3, 0.4) is 0 Å². The zero-order chi connectivity index (χ0) is 23.0. The van der Waals surface area contributed by atoms with E-state index in [0.717, 1.165) is 34.9 Å². The molecule has 4 rings (SSSR count). The second-order valence-corrected chi connectivity index (χ2v) is 8.88. The third-order valence-corrected chi connectivity index (χ3v) is 6.75. The van der Waals surface area contributed by atoms with E-state index >= 15 is 0 Å². The summed E-state index contributed by atoms with van der Waals surface area (Å²) in [6.45, 7) is 4.72. The SMILES string of the molecule is CCCc1c(Cl)ccc2c1cc(C(=O)NC1(c3ccc(C(=O)O)c(C)c3)CCOC1)n2C. The number of aromatic carboxylic acids is 1. The first-order valence-corrected chi connectivity index (χ1v) is 11.2. The average Bonchev–Trinajstić information content (AvgIpc) is 3.35. The number of carbonyl (C=O) groups is 2. The van der Waals surface area contributed by atoms with Gasteiger partial charge in [-0.3, -0.25) is 4.79 Å². The number of carbonyl (C=O) groups excluding carboxylic acids is 1. The fraction of sp³-hybridized carbons (Fsp3) is 0.360. The number of hydrogen-bond acceptors (Lipinski definition) is 3. The lowest BCUT2D eigenvalue weighted by Gasteiger charge is -2.30. The Morgan fingerprint density at radius 3 is 2.66 bits per heavy atom. The molecule has 1 aliphatic rings. The Morgan fingerprint density at radius 1 is 1.25 bits per heavy atom. The predicted octanol–water partition coefficient (Wildman–Crippen LogP) is 4.84. The van der Waals surface area contributed by atoms with Gasteiger partial charge in [0, 0.05) is 36.0 Å². The van der Waals surface area contributed by atoms with Gasteiger partial charge in [-0.15, -0.1) is 0 Å². The van der Waals surface area contributed by atoms with Gasteiger partial charge in [-0.05, 0) is 54.3 Å². The molecule has 1 aliphatic heterocycles. The van der Waals surface area contributed by atoms with E-state index in [2.05, 4.69) is 12.2 Å². The van der Waals surface area contributed by atoms with Gasteiger partial charge in [0.25, 0.3) is 5.91 Å². The minimum Gasteiger partial charge on any atom is -0.478 e. The summed E-state index contributed by atoms with van der Waals surface area (Å²) in [4.78, 5) is 24.9. The van der Waals surface area contributed by atoms with E-state index in [1.165, 1.54) is 0 Å². The number of nitrogens with one attached hydrogen (secondary N) is 1. The first-order valence-electron chi connectivity index (χ1n) is 10.8. The van der Waals surface area contributed by atoms with Crippen LogP contribution in [0.25, 0.3) is 10.9 Å².